The summed E-state index contributed by atoms with van der Waals surface area (Å²) < 4.78 is 26.8. The summed E-state index contributed by atoms with van der Waals surface area (Å²) in [7, 11) is 0. The van der Waals surface area contributed by atoms with Crippen LogP contribution in [0.1, 0.15) is 36.3 Å². The molecule has 2 aromatic rings. The minimum Gasteiger partial charge on any atom is -0.351 e. The van der Waals surface area contributed by atoms with E-state index >= 15 is 0 Å². The Kier molecular flexibility index (Phi) is 5.38. The van der Waals surface area contributed by atoms with Crippen molar-refractivity contribution in [2.24, 2.45) is 0 Å². The van der Waals surface area contributed by atoms with E-state index < -0.39 is 11.6 Å². The average molecular weight is 345 g/mol. The molecule has 0 aliphatic carbocycles. The molecule has 3 atom stereocenters. The zero-order chi connectivity index (χ0) is 17.8. The Morgan fingerprint density at radius 2 is 2.16 bits per heavy atom. The maximum atomic E-state index is 13.6. The van der Waals surface area contributed by atoms with E-state index in [1.807, 2.05) is 13.0 Å². The minimum absolute atomic E-state index is 0.0543. The lowest BCUT2D eigenvalue weighted by Gasteiger charge is -2.34. The third-order valence-electron chi connectivity index (χ3n) is 4.76. The zero-order valence-corrected chi connectivity index (χ0v) is 14.0. The van der Waals surface area contributed by atoms with Crippen LogP contribution in [0.3, 0.4) is 0 Å². The highest BCUT2D eigenvalue weighted by Crippen LogP contribution is 2.27. The highest BCUT2D eigenvalue weighted by molar-refractivity contribution is 5.83. The van der Waals surface area contributed by atoms with Crippen molar-refractivity contribution in [3.63, 3.8) is 0 Å². The van der Waals surface area contributed by atoms with Gasteiger partial charge in [0.05, 0.1) is 5.92 Å². The second kappa shape index (κ2) is 7.70. The van der Waals surface area contributed by atoms with Gasteiger partial charge in [-0.25, -0.2) is 8.78 Å². The number of pyridine rings is 1. The maximum Gasteiger partial charge on any atom is 0.227 e. The number of carbonyl (C=O) groups is 1. The molecule has 0 spiro atoms. The van der Waals surface area contributed by atoms with Crippen LogP contribution < -0.4 is 10.6 Å². The van der Waals surface area contributed by atoms with Crippen LogP contribution in [-0.4, -0.2) is 30.0 Å². The van der Waals surface area contributed by atoms with Crippen molar-refractivity contribution in [2.45, 2.75) is 31.2 Å². The summed E-state index contributed by atoms with van der Waals surface area (Å²) in [5.41, 5.74) is 1.55. The van der Waals surface area contributed by atoms with Crippen LogP contribution in [-0.2, 0) is 4.79 Å². The quantitative estimate of drug-likeness (QED) is 0.896. The predicted molar refractivity (Wildman–Crippen MR) is 91.2 cm³/mol. The standard InChI is InChI=1S/C19H21F2N3O/c1-12(14-3-2-7-22-10-14)19(25)24-18-11-23-8-6-15(18)13-4-5-16(20)17(21)9-13/h2-5,7,9-10,12,15,18,23H,6,8,11H2,1H3,(H,24,25). The van der Waals surface area contributed by atoms with Crippen LogP contribution in [0.25, 0.3) is 0 Å². The molecule has 0 bridgehead atoms. The van der Waals surface area contributed by atoms with E-state index in [4.69, 9.17) is 0 Å². The predicted octanol–water partition coefficient (Wildman–Crippen LogP) is 2.73. The number of hydrogen-bond acceptors (Lipinski definition) is 3. The van der Waals surface area contributed by atoms with Gasteiger partial charge >= 0.3 is 0 Å². The van der Waals surface area contributed by atoms with Crippen LogP contribution >= 0.6 is 0 Å². The molecule has 1 aliphatic rings. The summed E-state index contributed by atoms with van der Waals surface area (Å²) in [6.07, 6.45) is 4.09. The third kappa shape index (κ3) is 4.02. The van der Waals surface area contributed by atoms with E-state index in [1.54, 1.807) is 24.5 Å². The zero-order valence-electron chi connectivity index (χ0n) is 14.0. The van der Waals surface area contributed by atoms with Crippen molar-refractivity contribution in [3.8, 4) is 0 Å². The molecule has 6 heteroatoms. The number of halogens is 2. The summed E-state index contributed by atoms with van der Waals surface area (Å²) in [4.78, 5) is 16.7. The monoisotopic (exact) mass is 345 g/mol. The number of rotatable bonds is 4. The van der Waals surface area contributed by atoms with Gasteiger partial charge in [0.1, 0.15) is 0 Å². The number of benzene rings is 1. The molecule has 1 fully saturated rings. The molecular weight excluding hydrogens is 324 g/mol. The molecule has 1 aromatic heterocycles. The summed E-state index contributed by atoms with van der Waals surface area (Å²) in [6, 6.07) is 7.45. The van der Waals surface area contributed by atoms with Crippen molar-refractivity contribution in [1.82, 2.24) is 15.6 Å². The van der Waals surface area contributed by atoms with Crippen LogP contribution in [0.15, 0.2) is 42.7 Å². The van der Waals surface area contributed by atoms with Crippen LogP contribution in [0.4, 0.5) is 8.78 Å². The van der Waals surface area contributed by atoms with Gasteiger partial charge in [0.15, 0.2) is 11.6 Å². The van der Waals surface area contributed by atoms with Gasteiger partial charge in [0, 0.05) is 30.9 Å². The molecule has 2 N–H and O–H groups in total. The lowest BCUT2D eigenvalue weighted by atomic mass is 9.85. The average Bonchev–Trinajstić information content (AvgIpc) is 2.64. The summed E-state index contributed by atoms with van der Waals surface area (Å²) >= 11 is 0. The molecule has 1 amide bonds. The van der Waals surface area contributed by atoms with Gasteiger partial charge in [0.25, 0.3) is 0 Å². The molecule has 1 aromatic carbocycles. The van der Waals surface area contributed by atoms with E-state index in [-0.39, 0.29) is 23.8 Å². The van der Waals surface area contributed by atoms with E-state index in [1.165, 1.54) is 6.07 Å². The molecule has 4 nitrogen and oxygen atoms in total. The normalized spacial score (nSPS) is 21.6. The largest absolute Gasteiger partial charge is 0.351 e. The van der Waals surface area contributed by atoms with E-state index in [0.29, 0.717) is 12.1 Å². The van der Waals surface area contributed by atoms with Gasteiger partial charge < -0.3 is 10.6 Å². The first kappa shape index (κ1) is 17.5. The first-order chi connectivity index (χ1) is 12.1. The van der Waals surface area contributed by atoms with Crippen molar-refractivity contribution >= 4 is 5.91 Å². The Labute approximate surface area is 145 Å². The fraction of sp³-hybridized carbons (Fsp3) is 0.368. The number of nitrogens with one attached hydrogen (secondary N) is 2. The third-order valence-corrected chi connectivity index (χ3v) is 4.76. The molecule has 0 saturated carbocycles. The van der Waals surface area contributed by atoms with E-state index in [0.717, 1.165) is 24.6 Å². The Bertz CT molecular complexity index is 739. The Morgan fingerprint density at radius 1 is 1.32 bits per heavy atom. The van der Waals surface area contributed by atoms with Crippen molar-refractivity contribution < 1.29 is 13.6 Å². The number of amides is 1. The molecule has 25 heavy (non-hydrogen) atoms. The molecule has 3 unspecified atom stereocenters. The van der Waals surface area contributed by atoms with E-state index in [2.05, 4.69) is 15.6 Å². The molecular formula is C19H21F2N3O. The van der Waals surface area contributed by atoms with Gasteiger partial charge in [-0.15, -0.1) is 0 Å². The van der Waals surface area contributed by atoms with Gasteiger partial charge in [-0.05, 0) is 49.2 Å². The Balaban J connectivity index is 1.74. The van der Waals surface area contributed by atoms with Crippen molar-refractivity contribution in [2.75, 3.05) is 13.1 Å². The highest BCUT2D eigenvalue weighted by Gasteiger charge is 2.29. The van der Waals surface area contributed by atoms with Crippen LogP contribution in [0.2, 0.25) is 0 Å². The first-order valence-corrected chi connectivity index (χ1v) is 8.42. The number of hydrogen-bond donors (Lipinski definition) is 2. The van der Waals surface area contributed by atoms with Gasteiger partial charge in [-0.3, -0.25) is 9.78 Å². The SMILES string of the molecule is CC(C(=O)NC1CNCCC1c1ccc(F)c(F)c1)c1cccnc1. The van der Waals surface area contributed by atoms with Crippen molar-refractivity contribution in [1.29, 1.82) is 0 Å². The van der Waals surface area contributed by atoms with E-state index in [9.17, 15) is 13.6 Å². The fourth-order valence-corrected chi connectivity index (χ4v) is 3.24. The van der Waals surface area contributed by atoms with Gasteiger partial charge in [0.2, 0.25) is 5.91 Å². The molecule has 0 radical (unpaired) electrons. The Morgan fingerprint density at radius 3 is 2.88 bits per heavy atom. The number of piperidine rings is 1. The topological polar surface area (TPSA) is 54.0 Å². The molecule has 1 saturated heterocycles. The molecule has 3 rings (SSSR count). The molecule has 132 valence electrons. The first-order valence-electron chi connectivity index (χ1n) is 8.42. The maximum absolute atomic E-state index is 13.6. The molecule has 2 heterocycles. The number of aromatic nitrogens is 1. The molecule has 1 aliphatic heterocycles. The van der Waals surface area contributed by atoms with Crippen molar-refractivity contribution in [3.05, 3.63) is 65.5 Å². The minimum atomic E-state index is -0.858. The van der Waals surface area contributed by atoms with Gasteiger partial charge in [-0.1, -0.05) is 12.1 Å². The Hall–Kier alpha value is -2.34. The summed E-state index contributed by atoms with van der Waals surface area (Å²) in [5.74, 6) is -2.20. The fourth-order valence-electron chi connectivity index (χ4n) is 3.24. The lowest BCUT2D eigenvalue weighted by molar-refractivity contribution is -0.123. The second-order valence-electron chi connectivity index (χ2n) is 6.40. The lowest BCUT2D eigenvalue weighted by Crippen LogP contribution is -2.50. The van der Waals surface area contributed by atoms with Crippen LogP contribution in [0.5, 0.6) is 0 Å². The van der Waals surface area contributed by atoms with Crippen LogP contribution in [0, 0.1) is 11.6 Å². The highest BCUT2D eigenvalue weighted by atomic mass is 19.2. The number of nitrogens with zero attached hydrogens (tertiary/aromatic N) is 1. The smallest absolute Gasteiger partial charge is 0.227 e. The second-order valence-corrected chi connectivity index (χ2v) is 6.40. The number of carbonyl (C=O) groups excluding carboxylic acids is 1. The summed E-state index contributed by atoms with van der Waals surface area (Å²) in [5, 5.41) is 6.30. The summed E-state index contributed by atoms with van der Waals surface area (Å²) in [6.45, 7) is 3.19. The van der Waals surface area contributed by atoms with Gasteiger partial charge in [-0.2, -0.15) is 0 Å².